The summed E-state index contributed by atoms with van der Waals surface area (Å²) < 4.78 is 62.5. The van der Waals surface area contributed by atoms with Crippen LogP contribution in [0.4, 0.5) is 22.0 Å². The Bertz CT molecular complexity index is 1240. The molecule has 3 aromatic rings. The molecule has 0 saturated carbocycles. The summed E-state index contributed by atoms with van der Waals surface area (Å²) in [6.07, 6.45) is 1.14. The molecule has 0 aliphatic carbocycles. The number of nitrogens with one attached hydrogen (secondary N) is 2. The second kappa shape index (κ2) is 14.5. The second-order valence-corrected chi connectivity index (χ2v) is 9.49. The number of aliphatic carboxylic acids is 1. The van der Waals surface area contributed by atoms with Gasteiger partial charge in [0.05, 0.1) is 23.7 Å². The number of alkyl halides is 4. The first kappa shape index (κ1) is 30.6. The smallest absolute Gasteiger partial charge is 0.379 e. The van der Waals surface area contributed by atoms with Crippen LogP contribution < -0.4 is 10.1 Å². The number of ether oxygens (including phenoxy) is 1. The van der Waals surface area contributed by atoms with E-state index in [1.165, 1.54) is 12.1 Å². The molecule has 39 heavy (non-hydrogen) atoms. The number of benzene rings is 2. The third kappa shape index (κ3) is 7.83. The topological polar surface area (TPSA) is 77.6 Å². The van der Waals surface area contributed by atoms with Gasteiger partial charge < -0.3 is 20.1 Å². The fourth-order valence-electron chi connectivity index (χ4n) is 4.71. The lowest BCUT2D eigenvalue weighted by atomic mass is 9.91. The molecule has 1 aliphatic heterocycles. The largest absolute Gasteiger partial charge is 0.491 e. The van der Waals surface area contributed by atoms with Crippen molar-refractivity contribution in [1.29, 1.82) is 0 Å². The van der Waals surface area contributed by atoms with Crippen molar-refractivity contribution in [3.8, 4) is 5.75 Å². The van der Waals surface area contributed by atoms with Crippen LogP contribution in [-0.2, 0) is 11.2 Å². The SMILES string of the molecule is CC(CN1CCc2c([nH]c3ccccc23)C1c1c(F)ccc(OCCNCCCF)c1Cl)C(=O)O.FC(F)F. The van der Waals surface area contributed by atoms with Gasteiger partial charge in [-0.25, -0.2) is 4.39 Å². The molecule has 0 radical (unpaired) electrons. The van der Waals surface area contributed by atoms with E-state index in [1.807, 2.05) is 29.2 Å². The van der Waals surface area contributed by atoms with Crippen LogP contribution in [0.15, 0.2) is 36.4 Å². The summed E-state index contributed by atoms with van der Waals surface area (Å²) in [4.78, 5) is 17.0. The van der Waals surface area contributed by atoms with Crippen molar-refractivity contribution in [1.82, 2.24) is 15.2 Å². The van der Waals surface area contributed by atoms with Gasteiger partial charge in [-0.1, -0.05) is 36.7 Å². The molecule has 3 N–H and O–H groups in total. The average molecular weight is 576 g/mol. The van der Waals surface area contributed by atoms with Gasteiger partial charge in [-0.05, 0) is 43.1 Å². The third-order valence-electron chi connectivity index (χ3n) is 6.45. The first-order valence-electron chi connectivity index (χ1n) is 12.5. The molecule has 2 atom stereocenters. The van der Waals surface area contributed by atoms with Crippen LogP contribution >= 0.6 is 11.6 Å². The zero-order valence-corrected chi connectivity index (χ0v) is 22.1. The Balaban J connectivity index is 0.000000983. The van der Waals surface area contributed by atoms with Crippen molar-refractivity contribution in [3.05, 3.63) is 64.1 Å². The van der Waals surface area contributed by atoms with Crippen LogP contribution in [0, 0.1) is 11.7 Å². The van der Waals surface area contributed by atoms with Crippen LogP contribution in [0.2, 0.25) is 5.02 Å². The minimum absolute atomic E-state index is 0.165. The number of rotatable bonds is 11. The predicted octanol–water partition coefficient (Wildman–Crippen LogP) is 6.14. The van der Waals surface area contributed by atoms with Crippen LogP contribution in [0.5, 0.6) is 5.75 Å². The maximum Gasteiger partial charge on any atom is 0.379 e. The van der Waals surface area contributed by atoms with Crippen LogP contribution in [0.25, 0.3) is 10.9 Å². The standard InChI is InChI=1S/C26H30ClF2N3O3.CHF3/c1-16(26(33)34)15-32-13-9-18-17-5-2-3-6-20(17)31-24(18)25(32)22-19(29)7-8-21(23(22)27)35-14-12-30-11-4-10-28;2-1(3)4/h2-3,5-8,16,25,30-31H,4,9-15H2,1H3,(H,33,34);1H. The predicted molar refractivity (Wildman–Crippen MR) is 140 cm³/mol. The number of aromatic amines is 1. The zero-order valence-electron chi connectivity index (χ0n) is 21.3. The molecular formula is C27H31ClF5N3O3. The van der Waals surface area contributed by atoms with E-state index in [4.69, 9.17) is 16.3 Å². The Morgan fingerprint density at radius 1 is 1.23 bits per heavy atom. The number of carbonyl (C=O) groups is 1. The number of hydrogen-bond acceptors (Lipinski definition) is 4. The van der Waals surface area contributed by atoms with E-state index < -0.39 is 30.4 Å². The highest BCUT2D eigenvalue weighted by molar-refractivity contribution is 6.33. The first-order chi connectivity index (χ1) is 18.6. The summed E-state index contributed by atoms with van der Waals surface area (Å²) in [6.45, 7) is -0.252. The highest BCUT2D eigenvalue weighted by Gasteiger charge is 2.36. The monoisotopic (exact) mass is 575 g/mol. The number of fused-ring (bicyclic) bond motifs is 3. The van der Waals surface area contributed by atoms with Gasteiger partial charge in [0.2, 0.25) is 0 Å². The van der Waals surface area contributed by atoms with Gasteiger partial charge in [0, 0.05) is 41.8 Å². The zero-order chi connectivity index (χ0) is 28.5. The van der Waals surface area contributed by atoms with Gasteiger partial charge in [-0.3, -0.25) is 14.1 Å². The van der Waals surface area contributed by atoms with Crippen LogP contribution in [0.1, 0.15) is 36.2 Å². The number of carboxylic acid groups (broad SMARTS) is 1. The van der Waals surface area contributed by atoms with Gasteiger partial charge in [-0.15, -0.1) is 0 Å². The van der Waals surface area contributed by atoms with E-state index in [0.29, 0.717) is 44.8 Å². The van der Waals surface area contributed by atoms with Gasteiger partial charge in [0.1, 0.15) is 18.2 Å². The Morgan fingerprint density at radius 3 is 2.64 bits per heavy atom. The van der Waals surface area contributed by atoms with Crippen molar-refractivity contribution in [2.45, 2.75) is 32.5 Å². The van der Waals surface area contributed by atoms with E-state index in [-0.39, 0.29) is 23.8 Å². The molecule has 12 heteroatoms. The Morgan fingerprint density at radius 2 is 1.95 bits per heavy atom. The summed E-state index contributed by atoms with van der Waals surface area (Å²) in [5, 5.41) is 13.8. The Labute approximate surface area is 228 Å². The van der Waals surface area contributed by atoms with E-state index in [2.05, 4.69) is 10.3 Å². The first-order valence-corrected chi connectivity index (χ1v) is 12.9. The van der Waals surface area contributed by atoms with E-state index in [9.17, 15) is 27.5 Å². The molecule has 1 aliphatic rings. The number of aromatic nitrogens is 1. The lowest BCUT2D eigenvalue weighted by molar-refractivity contribution is -0.141. The minimum atomic E-state index is -3.67. The molecule has 0 spiro atoms. The van der Waals surface area contributed by atoms with Crippen molar-refractivity contribution < 1.29 is 36.6 Å². The number of hydrogen-bond donors (Lipinski definition) is 3. The van der Waals surface area contributed by atoms with E-state index in [0.717, 1.165) is 22.2 Å². The van der Waals surface area contributed by atoms with Crippen LogP contribution in [-0.4, -0.2) is 67.1 Å². The van der Waals surface area contributed by atoms with Crippen molar-refractivity contribution in [2.75, 3.05) is 39.5 Å². The molecule has 0 bridgehead atoms. The molecule has 1 aromatic heterocycles. The number of nitrogens with zero attached hydrogens (tertiary/aromatic N) is 1. The Kier molecular flexibility index (Phi) is 11.4. The summed E-state index contributed by atoms with van der Waals surface area (Å²) in [5.74, 6) is -1.67. The minimum Gasteiger partial charge on any atom is -0.491 e. The molecular weight excluding hydrogens is 545 g/mol. The summed E-state index contributed by atoms with van der Waals surface area (Å²) in [5.41, 5.74) is 3.11. The van der Waals surface area contributed by atoms with Crippen molar-refractivity contribution in [3.63, 3.8) is 0 Å². The molecule has 0 saturated heterocycles. The number of carboxylic acids is 1. The molecule has 0 amide bonds. The highest BCUT2D eigenvalue weighted by Crippen LogP contribution is 2.44. The van der Waals surface area contributed by atoms with Crippen molar-refractivity contribution in [2.24, 2.45) is 5.92 Å². The third-order valence-corrected chi connectivity index (χ3v) is 6.84. The second-order valence-electron chi connectivity index (χ2n) is 9.11. The Hall–Kier alpha value is -2.89. The van der Waals surface area contributed by atoms with Crippen molar-refractivity contribution >= 4 is 28.5 Å². The van der Waals surface area contributed by atoms with Gasteiger partial charge in [-0.2, -0.15) is 13.2 Å². The number of para-hydroxylation sites is 1. The molecule has 6 nitrogen and oxygen atoms in total. The number of H-pyrrole nitrogens is 1. The molecule has 2 unspecified atom stereocenters. The molecule has 0 fully saturated rings. The summed E-state index contributed by atoms with van der Waals surface area (Å²) in [7, 11) is 0. The lowest BCUT2D eigenvalue weighted by Crippen LogP contribution is -2.40. The molecule has 2 heterocycles. The molecule has 214 valence electrons. The van der Waals surface area contributed by atoms with Crippen LogP contribution in [0.3, 0.4) is 0 Å². The van der Waals surface area contributed by atoms with Gasteiger partial charge in [0.15, 0.2) is 0 Å². The van der Waals surface area contributed by atoms with E-state index >= 15 is 4.39 Å². The quantitative estimate of drug-likeness (QED) is 0.189. The summed E-state index contributed by atoms with van der Waals surface area (Å²) >= 11 is 6.75. The maximum atomic E-state index is 15.4. The molecule has 2 aromatic carbocycles. The normalized spacial score (nSPS) is 16.1. The average Bonchev–Trinajstić information content (AvgIpc) is 3.26. The van der Waals surface area contributed by atoms with Gasteiger partial charge in [0.25, 0.3) is 0 Å². The summed E-state index contributed by atoms with van der Waals surface area (Å²) in [6, 6.07) is 10.2. The maximum absolute atomic E-state index is 15.4. The van der Waals surface area contributed by atoms with E-state index in [1.54, 1.807) is 6.92 Å². The highest BCUT2D eigenvalue weighted by atomic mass is 35.5. The lowest BCUT2D eigenvalue weighted by Gasteiger charge is -2.37. The molecule has 4 rings (SSSR count). The fraction of sp³-hybridized carbons (Fsp3) is 0.444. The fourth-order valence-corrected chi connectivity index (χ4v) is 5.02. The number of halogens is 6. The van der Waals surface area contributed by atoms with Gasteiger partial charge >= 0.3 is 12.6 Å².